The third-order valence-corrected chi connectivity index (χ3v) is 12.2. The Bertz CT molecular complexity index is 1370. The van der Waals surface area contributed by atoms with Gasteiger partial charge in [-0.1, -0.05) is 93.1 Å². The number of aromatic hydroxyl groups is 1. The molecule has 0 bridgehead atoms. The quantitative estimate of drug-likeness (QED) is 0.243. The fourth-order valence-electron chi connectivity index (χ4n) is 6.70. The lowest BCUT2D eigenvalue weighted by atomic mass is 9.84. The van der Waals surface area contributed by atoms with Crippen molar-refractivity contribution in [2.24, 2.45) is 0 Å². The van der Waals surface area contributed by atoms with E-state index in [0.717, 1.165) is 14.7 Å². The molecule has 0 aromatic heterocycles. The van der Waals surface area contributed by atoms with Gasteiger partial charge in [0.1, 0.15) is 11.3 Å². The molecule has 6 rings (SSSR count). The van der Waals surface area contributed by atoms with Crippen LogP contribution in [0.2, 0.25) is 0 Å². The standard InChI is InChI=1S/C37H40O3S/c38-36-19-11-10-18-35(36)37(39)40-41(32-16-8-3-9-17-32,33-24-20-30(21-25-33)28-12-4-1-5-13-28)34-26-22-31(23-27-34)29-14-6-2-7-15-29/h3,8-11,16-29,38H,1-2,4-7,12-15H2. The molecule has 4 heteroatoms. The average Bonchev–Trinajstić information content (AvgIpc) is 3.05. The van der Waals surface area contributed by atoms with E-state index in [9.17, 15) is 9.90 Å². The highest BCUT2D eigenvalue weighted by molar-refractivity contribution is 8.30. The van der Waals surface area contributed by atoms with Gasteiger partial charge in [-0.2, -0.15) is 0 Å². The molecule has 0 amide bonds. The SMILES string of the molecule is O=C(OS(c1ccccc1)(c1ccc(C2CCCCC2)cc1)c1ccc(C2CCCCC2)cc1)c1ccccc1O. The Morgan fingerprint density at radius 3 is 1.49 bits per heavy atom. The van der Waals surface area contributed by atoms with Gasteiger partial charge in [0, 0.05) is 14.7 Å². The van der Waals surface area contributed by atoms with Crippen molar-refractivity contribution in [2.75, 3.05) is 0 Å². The van der Waals surface area contributed by atoms with Crippen molar-refractivity contribution in [3.63, 3.8) is 0 Å². The molecule has 212 valence electrons. The normalized spacial score (nSPS) is 17.2. The number of carbonyl (C=O) groups is 1. The summed E-state index contributed by atoms with van der Waals surface area (Å²) in [6, 6.07) is 34.5. The summed E-state index contributed by atoms with van der Waals surface area (Å²) < 4.78 is 6.72. The minimum Gasteiger partial charge on any atom is -0.507 e. The van der Waals surface area contributed by atoms with Gasteiger partial charge in [-0.15, -0.1) is 0 Å². The molecule has 0 heterocycles. The summed E-state index contributed by atoms with van der Waals surface area (Å²) in [7, 11) is -2.45. The fourth-order valence-corrected chi connectivity index (χ4v) is 9.71. The number of phenolic OH excluding ortho intramolecular Hbond substituents is 1. The Kier molecular flexibility index (Phi) is 8.48. The first kappa shape index (κ1) is 27.7. The van der Waals surface area contributed by atoms with Gasteiger partial charge in [-0.3, -0.25) is 0 Å². The highest BCUT2D eigenvalue weighted by atomic mass is 32.3. The summed E-state index contributed by atoms with van der Waals surface area (Å²) in [6.45, 7) is 0. The van der Waals surface area contributed by atoms with E-state index in [0.29, 0.717) is 11.8 Å². The third-order valence-electron chi connectivity index (χ3n) is 8.98. The molecular formula is C37H40O3S. The van der Waals surface area contributed by atoms with Crippen LogP contribution in [0.1, 0.15) is 97.5 Å². The van der Waals surface area contributed by atoms with Gasteiger partial charge in [-0.25, -0.2) is 4.79 Å². The van der Waals surface area contributed by atoms with Crippen molar-refractivity contribution < 1.29 is 14.1 Å². The van der Waals surface area contributed by atoms with E-state index in [1.165, 1.54) is 81.4 Å². The molecule has 4 aromatic rings. The lowest BCUT2D eigenvalue weighted by molar-refractivity contribution is 0.0754. The maximum Gasteiger partial charge on any atom is 0.353 e. The number of hydrogen-bond acceptors (Lipinski definition) is 3. The summed E-state index contributed by atoms with van der Waals surface area (Å²) in [5.74, 6) is 0.601. The van der Waals surface area contributed by atoms with Crippen molar-refractivity contribution in [1.82, 2.24) is 0 Å². The molecule has 0 unspecified atom stereocenters. The van der Waals surface area contributed by atoms with Crippen molar-refractivity contribution in [3.05, 3.63) is 120 Å². The van der Waals surface area contributed by atoms with Crippen LogP contribution >= 0.6 is 10.3 Å². The Morgan fingerprint density at radius 1 is 0.561 bits per heavy atom. The molecule has 1 N–H and O–H groups in total. The van der Waals surface area contributed by atoms with Crippen LogP contribution in [-0.4, -0.2) is 11.1 Å². The third kappa shape index (κ3) is 5.81. The number of hydrogen-bond donors (Lipinski definition) is 1. The van der Waals surface area contributed by atoms with Gasteiger partial charge in [0.05, 0.1) is 0 Å². The maximum atomic E-state index is 13.9. The average molecular weight is 565 g/mol. The van der Waals surface area contributed by atoms with E-state index in [1.807, 2.05) is 18.2 Å². The van der Waals surface area contributed by atoms with Crippen molar-refractivity contribution in [2.45, 2.75) is 90.7 Å². The van der Waals surface area contributed by atoms with Crippen LogP contribution in [0.4, 0.5) is 0 Å². The smallest absolute Gasteiger partial charge is 0.353 e. The molecule has 0 aliphatic heterocycles. The Balaban J connectivity index is 1.47. The molecule has 2 fully saturated rings. The van der Waals surface area contributed by atoms with E-state index < -0.39 is 16.3 Å². The van der Waals surface area contributed by atoms with E-state index in [2.05, 4.69) is 60.7 Å². The Hall–Kier alpha value is -3.50. The van der Waals surface area contributed by atoms with E-state index in [1.54, 1.807) is 18.2 Å². The second kappa shape index (κ2) is 12.6. The van der Waals surface area contributed by atoms with Crippen LogP contribution in [0.5, 0.6) is 5.75 Å². The molecule has 0 saturated heterocycles. The van der Waals surface area contributed by atoms with Gasteiger partial charge >= 0.3 is 5.97 Å². The number of carbonyl (C=O) groups excluding carboxylic acids is 1. The summed E-state index contributed by atoms with van der Waals surface area (Å²) in [5.41, 5.74) is 2.92. The van der Waals surface area contributed by atoms with Crippen molar-refractivity contribution >= 4 is 16.3 Å². The van der Waals surface area contributed by atoms with Crippen molar-refractivity contribution in [3.8, 4) is 5.75 Å². The van der Waals surface area contributed by atoms with Crippen molar-refractivity contribution in [1.29, 1.82) is 0 Å². The van der Waals surface area contributed by atoms with Gasteiger partial charge in [0.15, 0.2) is 0 Å². The summed E-state index contributed by atoms with van der Waals surface area (Å²) in [6.07, 6.45) is 12.8. The lowest BCUT2D eigenvalue weighted by Gasteiger charge is -2.40. The molecule has 0 spiro atoms. The topological polar surface area (TPSA) is 46.5 Å². The van der Waals surface area contributed by atoms with Crippen LogP contribution in [0.3, 0.4) is 0 Å². The molecule has 41 heavy (non-hydrogen) atoms. The first-order valence-corrected chi connectivity index (χ1v) is 16.8. The van der Waals surface area contributed by atoms with Crippen LogP contribution < -0.4 is 0 Å². The number of rotatable bonds is 7. The first-order chi connectivity index (χ1) is 20.1. The van der Waals surface area contributed by atoms with Crippen LogP contribution in [0.15, 0.2) is 118 Å². The fraction of sp³-hybridized carbons (Fsp3) is 0.324. The highest BCUT2D eigenvalue weighted by Crippen LogP contribution is 2.69. The molecule has 4 aromatic carbocycles. The molecule has 2 aliphatic carbocycles. The summed E-state index contributed by atoms with van der Waals surface area (Å²) in [5, 5.41) is 10.6. The number of phenols is 1. The molecule has 2 aliphatic rings. The largest absolute Gasteiger partial charge is 0.507 e. The van der Waals surface area contributed by atoms with Crippen LogP contribution in [-0.2, 0) is 4.18 Å². The maximum absolute atomic E-state index is 13.9. The van der Waals surface area contributed by atoms with Gasteiger partial charge in [-0.05, 0) is 107 Å². The minimum absolute atomic E-state index is 0.0702. The predicted molar refractivity (Wildman–Crippen MR) is 167 cm³/mol. The molecular weight excluding hydrogens is 524 g/mol. The second-order valence-corrected chi connectivity index (χ2v) is 14.3. The van der Waals surface area contributed by atoms with Crippen LogP contribution in [0, 0.1) is 0 Å². The summed E-state index contributed by atoms with van der Waals surface area (Å²) >= 11 is 0. The molecule has 2 saturated carbocycles. The van der Waals surface area contributed by atoms with Gasteiger partial charge in [0.2, 0.25) is 0 Å². The zero-order valence-corrected chi connectivity index (χ0v) is 24.5. The van der Waals surface area contributed by atoms with E-state index in [4.69, 9.17) is 4.18 Å². The van der Waals surface area contributed by atoms with E-state index >= 15 is 0 Å². The number of para-hydroxylation sites is 1. The monoisotopic (exact) mass is 564 g/mol. The van der Waals surface area contributed by atoms with E-state index in [-0.39, 0.29) is 11.3 Å². The Morgan fingerprint density at radius 2 is 1.00 bits per heavy atom. The Labute approximate surface area is 246 Å². The summed E-state index contributed by atoms with van der Waals surface area (Å²) in [4.78, 5) is 16.8. The zero-order chi connectivity index (χ0) is 28.1. The first-order valence-electron chi connectivity index (χ1n) is 15.3. The minimum atomic E-state index is -2.45. The highest BCUT2D eigenvalue weighted by Gasteiger charge is 2.37. The second-order valence-electron chi connectivity index (χ2n) is 11.6. The number of benzene rings is 4. The zero-order valence-electron chi connectivity index (χ0n) is 23.7. The molecule has 0 atom stereocenters. The lowest BCUT2D eigenvalue weighted by Crippen LogP contribution is -2.14. The van der Waals surface area contributed by atoms with Gasteiger partial charge < -0.3 is 9.29 Å². The van der Waals surface area contributed by atoms with Crippen LogP contribution in [0.25, 0.3) is 0 Å². The molecule has 0 radical (unpaired) electrons. The molecule has 3 nitrogen and oxygen atoms in total. The van der Waals surface area contributed by atoms with Gasteiger partial charge in [0.25, 0.3) is 0 Å². The predicted octanol–water partition coefficient (Wildman–Crippen LogP) is 10.5.